The van der Waals surface area contributed by atoms with Crippen molar-refractivity contribution in [1.82, 2.24) is 10.6 Å². The summed E-state index contributed by atoms with van der Waals surface area (Å²) < 4.78 is 0. The fourth-order valence-electron chi connectivity index (χ4n) is 2.42. The zero-order chi connectivity index (χ0) is 15.9. The second kappa shape index (κ2) is 8.11. The molecule has 0 aliphatic rings. The van der Waals surface area contributed by atoms with Crippen LogP contribution in [-0.2, 0) is 11.3 Å². The van der Waals surface area contributed by atoms with Crippen LogP contribution in [0.3, 0.4) is 0 Å². The highest BCUT2D eigenvalue weighted by atomic mass is 32.1. The third-order valence-corrected chi connectivity index (χ3v) is 4.54. The molecule has 1 aromatic carbocycles. The van der Waals surface area contributed by atoms with E-state index >= 15 is 0 Å². The van der Waals surface area contributed by atoms with Crippen molar-refractivity contribution in [3.8, 4) is 0 Å². The van der Waals surface area contributed by atoms with Gasteiger partial charge in [0.25, 0.3) is 0 Å². The van der Waals surface area contributed by atoms with Crippen molar-refractivity contribution in [3.63, 3.8) is 0 Å². The highest BCUT2D eigenvalue weighted by molar-refractivity contribution is 7.09. The lowest BCUT2D eigenvalue weighted by atomic mass is 9.95. The summed E-state index contributed by atoms with van der Waals surface area (Å²) in [6.45, 7) is 6.85. The van der Waals surface area contributed by atoms with Crippen LogP contribution in [0.25, 0.3) is 0 Å². The largest absolute Gasteiger partial charge is 0.350 e. The summed E-state index contributed by atoms with van der Waals surface area (Å²) >= 11 is 1.66. The van der Waals surface area contributed by atoms with E-state index in [2.05, 4.69) is 36.6 Å². The van der Waals surface area contributed by atoms with Gasteiger partial charge in [0, 0.05) is 10.9 Å². The lowest BCUT2D eigenvalue weighted by Gasteiger charge is -2.26. The predicted molar refractivity (Wildman–Crippen MR) is 92.8 cm³/mol. The average molecular weight is 316 g/mol. The minimum atomic E-state index is -0.229. The Morgan fingerprint density at radius 2 is 1.82 bits per heavy atom. The van der Waals surface area contributed by atoms with Gasteiger partial charge in [0.05, 0.1) is 12.6 Å². The molecule has 2 aromatic rings. The van der Waals surface area contributed by atoms with Crippen LogP contribution in [0.5, 0.6) is 0 Å². The SMILES string of the molecule is CC(C)[C@H](N[C@@H](C)C(=O)NCc1cccs1)c1ccccc1. The number of nitrogens with one attached hydrogen (secondary N) is 2. The summed E-state index contributed by atoms with van der Waals surface area (Å²) in [4.78, 5) is 13.4. The maximum atomic E-state index is 12.3. The third-order valence-electron chi connectivity index (χ3n) is 3.67. The molecule has 0 saturated heterocycles. The number of hydrogen-bond acceptors (Lipinski definition) is 3. The molecule has 0 unspecified atom stereocenters. The second-order valence-electron chi connectivity index (χ2n) is 5.82. The first-order valence-electron chi connectivity index (χ1n) is 7.69. The van der Waals surface area contributed by atoms with Gasteiger partial charge in [-0.2, -0.15) is 0 Å². The molecule has 1 aromatic heterocycles. The minimum Gasteiger partial charge on any atom is -0.350 e. The fraction of sp³-hybridized carbons (Fsp3) is 0.389. The Morgan fingerprint density at radius 3 is 2.41 bits per heavy atom. The Kier molecular flexibility index (Phi) is 6.16. The van der Waals surface area contributed by atoms with Gasteiger partial charge >= 0.3 is 0 Å². The molecule has 4 heteroatoms. The molecule has 2 atom stereocenters. The van der Waals surface area contributed by atoms with E-state index in [1.165, 1.54) is 10.4 Å². The molecule has 0 aliphatic heterocycles. The van der Waals surface area contributed by atoms with Crippen molar-refractivity contribution in [2.24, 2.45) is 5.92 Å². The summed E-state index contributed by atoms with van der Waals surface area (Å²) in [6.07, 6.45) is 0. The monoisotopic (exact) mass is 316 g/mol. The number of amides is 1. The van der Waals surface area contributed by atoms with E-state index in [0.717, 1.165) is 0 Å². The van der Waals surface area contributed by atoms with Gasteiger partial charge in [0.2, 0.25) is 5.91 Å². The Labute approximate surface area is 136 Å². The summed E-state index contributed by atoms with van der Waals surface area (Å²) in [7, 11) is 0. The number of carbonyl (C=O) groups excluding carboxylic acids is 1. The van der Waals surface area contributed by atoms with Crippen LogP contribution in [0.1, 0.15) is 37.3 Å². The molecule has 0 aliphatic carbocycles. The van der Waals surface area contributed by atoms with E-state index in [-0.39, 0.29) is 18.0 Å². The zero-order valence-corrected chi connectivity index (χ0v) is 14.2. The normalized spacial score (nSPS) is 13.8. The van der Waals surface area contributed by atoms with Gasteiger partial charge in [0.15, 0.2) is 0 Å². The second-order valence-corrected chi connectivity index (χ2v) is 6.85. The molecule has 3 nitrogen and oxygen atoms in total. The Morgan fingerprint density at radius 1 is 1.09 bits per heavy atom. The molecule has 118 valence electrons. The summed E-state index contributed by atoms with van der Waals surface area (Å²) in [5, 5.41) is 8.46. The van der Waals surface area contributed by atoms with E-state index in [4.69, 9.17) is 0 Å². The van der Waals surface area contributed by atoms with Crippen LogP contribution in [-0.4, -0.2) is 11.9 Å². The summed E-state index contributed by atoms with van der Waals surface area (Å²) in [5.41, 5.74) is 1.22. The minimum absolute atomic E-state index is 0.0370. The topological polar surface area (TPSA) is 41.1 Å². The smallest absolute Gasteiger partial charge is 0.237 e. The van der Waals surface area contributed by atoms with Crippen molar-refractivity contribution in [2.45, 2.75) is 39.4 Å². The van der Waals surface area contributed by atoms with Gasteiger partial charge in [-0.05, 0) is 29.9 Å². The first-order chi connectivity index (χ1) is 10.6. The van der Waals surface area contributed by atoms with Crippen molar-refractivity contribution < 1.29 is 4.79 Å². The summed E-state index contributed by atoms with van der Waals surface area (Å²) in [5.74, 6) is 0.449. The van der Waals surface area contributed by atoms with Gasteiger partial charge in [-0.15, -0.1) is 11.3 Å². The molecule has 2 N–H and O–H groups in total. The van der Waals surface area contributed by atoms with E-state index in [0.29, 0.717) is 12.5 Å². The lowest BCUT2D eigenvalue weighted by molar-refractivity contribution is -0.123. The maximum absolute atomic E-state index is 12.3. The maximum Gasteiger partial charge on any atom is 0.237 e. The molecule has 0 radical (unpaired) electrons. The fourth-order valence-corrected chi connectivity index (χ4v) is 3.06. The van der Waals surface area contributed by atoms with Gasteiger partial charge in [-0.1, -0.05) is 50.2 Å². The molecule has 0 bridgehead atoms. The molecule has 0 spiro atoms. The predicted octanol–water partition coefficient (Wildman–Crippen LogP) is 3.74. The Bertz CT molecular complexity index is 566. The highest BCUT2D eigenvalue weighted by Gasteiger charge is 2.21. The average Bonchev–Trinajstić information content (AvgIpc) is 3.04. The Balaban J connectivity index is 1.93. The lowest BCUT2D eigenvalue weighted by Crippen LogP contribution is -2.44. The standard InChI is InChI=1S/C18H24N2OS/c1-13(2)17(15-8-5-4-6-9-15)20-14(3)18(21)19-12-16-10-7-11-22-16/h4-11,13-14,17,20H,12H2,1-3H3,(H,19,21)/t14-,17-/m0/s1. The van der Waals surface area contributed by atoms with Crippen LogP contribution in [0.15, 0.2) is 47.8 Å². The molecule has 22 heavy (non-hydrogen) atoms. The number of benzene rings is 1. The van der Waals surface area contributed by atoms with E-state index in [1.807, 2.05) is 42.6 Å². The highest BCUT2D eigenvalue weighted by Crippen LogP contribution is 2.21. The van der Waals surface area contributed by atoms with Crippen molar-refractivity contribution in [1.29, 1.82) is 0 Å². The van der Waals surface area contributed by atoms with Gasteiger partial charge in [-0.25, -0.2) is 0 Å². The van der Waals surface area contributed by atoms with E-state index < -0.39 is 0 Å². The molecular formula is C18H24N2OS. The molecule has 1 amide bonds. The number of carbonyl (C=O) groups is 1. The number of hydrogen-bond donors (Lipinski definition) is 2. The van der Waals surface area contributed by atoms with Gasteiger partial charge in [-0.3, -0.25) is 10.1 Å². The quantitative estimate of drug-likeness (QED) is 0.817. The van der Waals surface area contributed by atoms with E-state index in [1.54, 1.807) is 11.3 Å². The molecular weight excluding hydrogens is 292 g/mol. The van der Waals surface area contributed by atoms with Crippen LogP contribution in [0.4, 0.5) is 0 Å². The molecule has 0 saturated carbocycles. The molecule has 0 fully saturated rings. The van der Waals surface area contributed by atoms with Crippen molar-refractivity contribution in [3.05, 3.63) is 58.3 Å². The van der Waals surface area contributed by atoms with Gasteiger partial charge in [0.1, 0.15) is 0 Å². The first kappa shape index (κ1) is 16.7. The number of thiophene rings is 1. The molecule has 1 heterocycles. The summed E-state index contributed by atoms with van der Waals surface area (Å²) in [6, 6.07) is 14.3. The van der Waals surface area contributed by atoms with Crippen LogP contribution >= 0.6 is 11.3 Å². The van der Waals surface area contributed by atoms with E-state index in [9.17, 15) is 4.79 Å². The third kappa shape index (κ3) is 4.68. The van der Waals surface area contributed by atoms with Crippen LogP contribution < -0.4 is 10.6 Å². The van der Waals surface area contributed by atoms with Crippen LogP contribution in [0.2, 0.25) is 0 Å². The molecule has 2 rings (SSSR count). The van der Waals surface area contributed by atoms with Crippen LogP contribution in [0, 0.1) is 5.92 Å². The van der Waals surface area contributed by atoms with Gasteiger partial charge < -0.3 is 5.32 Å². The van der Waals surface area contributed by atoms with Crippen molar-refractivity contribution >= 4 is 17.2 Å². The Hall–Kier alpha value is -1.65. The first-order valence-corrected chi connectivity index (χ1v) is 8.57. The number of rotatable bonds is 7. The zero-order valence-electron chi connectivity index (χ0n) is 13.4. The van der Waals surface area contributed by atoms with Crippen molar-refractivity contribution in [2.75, 3.05) is 0 Å².